The van der Waals surface area contributed by atoms with E-state index >= 15 is 0 Å². The fourth-order valence-electron chi connectivity index (χ4n) is 1.37. The van der Waals surface area contributed by atoms with Crippen molar-refractivity contribution in [1.29, 1.82) is 5.41 Å². The van der Waals surface area contributed by atoms with Crippen LogP contribution < -0.4 is 5.49 Å². The van der Waals surface area contributed by atoms with Crippen LogP contribution in [-0.2, 0) is 20.8 Å². The number of nitrogens with zero attached hydrogens (tertiary/aromatic N) is 3. The second-order valence-corrected chi connectivity index (χ2v) is 5.20. The summed E-state index contributed by atoms with van der Waals surface area (Å²) in [6.07, 6.45) is 2.12. The third-order valence-electron chi connectivity index (χ3n) is 2.11. The lowest BCUT2D eigenvalue weighted by molar-refractivity contribution is -0.0679. The summed E-state index contributed by atoms with van der Waals surface area (Å²) in [5.74, 6) is 0. The van der Waals surface area contributed by atoms with Gasteiger partial charge >= 0.3 is 7.60 Å². The molecule has 19 heavy (non-hydrogen) atoms. The van der Waals surface area contributed by atoms with Gasteiger partial charge in [-0.2, -0.15) is 0 Å². The average molecular weight is 289 g/mol. The highest BCUT2D eigenvalue weighted by Crippen LogP contribution is 2.33. The Kier molecular flexibility index (Phi) is 4.08. The molecule has 0 aliphatic heterocycles. The van der Waals surface area contributed by atoms with Gasteiger partial charge in [0, 0.05) is 0 Å². The normalized spacial score (nSPS) is 12.1. The summed E-state index contributed by atoms with van der Waals surface area (Å²) in [5, 5.41) is 7.54. The van der Waals surface area contributed by atoms with Crippen molar-refractivity contribution in [2.75, 3.05) is 13.1 Å². The molecule has 0 bridgehead atoms. The molecule has 0 saturated carbocycles. The number of hydrogen-bond acceptors (Lipinski definition) is 6. The lowest BCUT2D eigenvalue weighted by Gasteiger charge is -2.09. The minimum absolute atomic E-state index is 0.0375. The van der Waals surface area contributed by atoms with E-state index in [1.807, 2.05) is 0 Å². The molecule has 0 unspecified atom stereocenters. The zero-order valence-corrected chi connectivity index (χ0v) is 10.6. The third kappa shape index (κ3) is 3.69. The number of hydrogen-bond donors (Lipinski definition) is 4. The van der Waals surface area contributed by atoms with E-state index in [0.29, 0.717) is 11.2 Å². The first-order valence-electron chi connectivity index (χ1n) is 5.10. The van der Waals surface area contributed by atoms with E-state index in [1.165, 1.54) is 17.2 Å². The molecule has 2 heterocycles. The van der Waals surface area contributed by atoms with Gasteiger partial charge in [-0.05, 0) is 0 Å². The van der Waals surface area contributed by atoms with Crippen LogP contribution >= 0.6 is 7.60 Å². The van der Waals surface area contributed by atoms with Gasteiger partial charge in [-0.1, -0.05) is 0 Å². The van der Waals surface area contributed by atoms with Crippen LogP contribution in [0.5, 0.6) is 0 Å². The van der Waals surface area contributed by atoms with Crippen molar-refractivity contribution in [2.45, 2.75) is 6.73 Å². The molecule has 104 valence electrons. The van der Waals surface area contributed by atoms with Crippen molar-refractivity contribution in [1.82, 2.24) is 19.5 Å². The van der Waals surface area contributed by atoms with Gasteiger partial charge in [-0.15, -0.1) is 0 Å². The summed E-state index contributed by atoms with van der Waals surface area (Å²) >= 11 is 0. The molecule has 2 aromatic heterocycles. The van der Waals surface area contributed by atoms with Crippen molar-refractivity contribution in [3.8, 4) is 0 Å². The fraction of sp³-hybridized carbons (Fsp3) is 0.375. The average Bonchev–Trinajstić information content (AvgIpc) is 2.80. The molecule has 4 N–H and O–H groups in total. The van der Waals surface area contributed by atoms with Gasteiger partial charge < -0.3 is 24.2 Å². The second kappa shape index (κ2) is 5.59. The molecule has 0 fully saturated rings. The predicted octanol–water partition coefficient (Wildman–Crippen LogP) is -0.678. The van der Waals surface area contributed by atoms with E-state index in [1.54, 1.807) is 0 Å². The Labute approximate surface area is 106 Å². The molecule has 0 atom stereocenters. The van der Waals surface area contributed by atoms with E-state index in [-0.39, 0.29) is 19.0 Å². The largest absolute Gasteiger partial charge is 0.351 e. The zero-order valence-electron chi connectivity index (χ0n) is 9.68. The summed E-state index contributed by atoms with van der Waals surface area (Å²) in [5.41, 5.74) is 1.04. The van der Waals surface area contributed by atoms with Crippen LogP contribution in [0.1, 0.15) is 0 Å². The maximum Gasteiger partial charge on any atom is 0.351 e. The van der Waals surface area contributed by atoms with Crippen LogP contribution in [0.2, 0.25) is 0 Å². The summed E-state index contributed by atoms with van der Waals surface area (Å²) < 4.78 is 21.8. The number of nitrogens with one attached hydrogen (secondary N) is 2. The molecule has 0 amide bonds. The van der Waals surface area contributed by atoms with E-state index in [9.17, 15) is 4.57 Å². The molecule has 0 aliphatic carbocycles. The van der Waals surface area contributed by atoms with Crippen LogP contribution in [0.3, 0.4) is 0 Å². The third-order valence-corrected chi connectivity index (χ3v) is 2.63. The van der Waals surface area contributed by atoms with Crippen molar-refractivity contribution < 1.29 is 23.8 Å². The summed E-state index contributed by atoms with van der Waals surface area (Å²) in [6, 6.07) is 0. The first-order valence-corrected chi connectivity index (χ1v) is 6.90. The second-order valence-electron chi connectivity index (χ2n) is 3.61. The summed E-state index contributed by atoms with van der Waals surface area (Å²) in [7, 11) is -4.18. The fourth-order valence-corrected chi connectivity index (χ4v) is 1.68. The maximum atomic E-state index is 10.5. The topological polar surface area (TPSA) is 146 Å². The van der Waals surface area contributed by atoms with E-state index < -0.39 is 13.9 Å². The zero-order chi connectivity index (χ0) is 13.9. The standard InChI is InChI=1S/C8H12N5O5P/c9-7-6-8(11-1-10-6)13(2-12-7)3-17-4-18-5-19(14,15)16/h1-2,9H,3-5H2,(H,10,11)(H2,14,15,16). The highest BCUT2D eigenvalue weighted by molar-refractivity contribution is 7.51. The van der Waals surface area contributed by atoms with Crippen LogP contribution in [0.25, 0.3) is 11.2 Å². The Balaban J connectivity index is 1.92. The van der Waals surface area contributed by atoms with Gasteiger partial charge in [-0.3, -0.25) is 14.5 Å². The van der Waals surface area contributed by atoms with Crippen LogP contribution in [0.4, 0.5) is 0 Å². The molecule has 11 heteroatoms. The quantitative estimate of drug-likeness (QED) is 0.313. The van der Waals surface area contributed by atoms with Gasteiger partial charge in [0.15, 0.2) is 17.5 Å². The summed E-state index contributed by atoms with van der Waals surface area (Å²) in [6.45, 7) is -0.234. The molecular formula is C8H12N5O5P. The van der Waals surface area contributed by atoms with Gasteiger partial charge in [-0.25, -0.2) is 9.97 Å². The van der Waals surface area contributed by atoms with Gasteiger partial charge in [0.25, 0.3) is 0 Å². The number of aromatic nitrogens is 4. The van der Waals surface area contributed by atoms with Crippen molar-refractivity contribution >= 4 is 18.8 Å². The lowest BCUT2D eigenvalue weighted by Crippen LogP contribution is -2.14. The van der Waals surface area contributed by atoms with Crippen LogP contribution in [-0.4, -0.2) is 42.4 Å². The van der Waals surface area contributed by atoms with E-state index in [0.717, 1.165) is 0 Å². The molecule has 0 aliphatic rings. The lowest BCUT2D eigenvalue weighted by atomic mass is 10.5. The Morgan fingerprint density at radius 1 is 1.42 bits per heavy atom. The molecular weight excluding hydrogens is 277 g/mol. The molecule has 2 aromatic rings. The molecule has 0 saturated heterocycles. The van der Waals surface area contributed by atoms with Crippen LogP contribution in [0.15, 0.2) is 12.7 Å². The Hall–Kier alpha value is -1.58. The van der Waals surface area contributed by atoms with Gasteiger partial charge in [0.05, 0.1) is 6.33 Å². The number of imidazole rings is 1. The van der Waals surface area contributed by atoms with Crippen molar-refractivity contribution in [2.24, 2.45) is 0 Å². The minimum Gasteiger partial charge on any atom is -0.343 e. The Morgan fingerprint density at radius 2 is 2.21 bits per heavy atom. The molecule has 2 rings (SSSR count). The summed E-state index contributed by atoms with van der Waals surface area (Å²) in [4.78, 5) is 27.7. The number of ether oxygens (including phenoxy) is 2. The first kappa shape index (κ1) is 13.8. The van der Waals surface area contributed by atoms with E-state index in [2.05, 4.69) is 19.7 Å². The predicted molar refractivity (Wildman–Crippen MR) is 61.7 cm³/mol. The first-order chi connectivity index (χ1) is 8.97. The molecule has 0 spiro atoms. The number of fused-ring (bicyclic) bond motifs is 1. The van der Waals surface area contributed by atoms with Crippen molar-refractivity contribution in [3.05, 3.63) is 18.1 Å². The number of rotatable bonds is 6. The van der Waals surface area contributed by atoms with Crippen molar-refractivity contribution in [3.63, 3.8) is 0 Å². The van der Waals surface area contributed by atoms with Gasteiger partial charge in [0.1, 0.15) is 25.4 Å². The highest BCUT2D eigenvalue weighted by atomic mass is 31.2. The smallest absolute Gasteiger partial charge is 0.343 e. The number of aromatic amines is 1. The Bertz CT molecular complexity index is 661. The molecule has 0 radical (unpaired) electrons. The monoisotopic (exact) mass is 289 g/mol. The van der Waals surface area contributed by atoms with Gasteiger partial charge in [0.2, 0.25) is 0 Å². The Morgan fingerprint density at radius 3 is 2.95 bits per heavy atom. The SMILES string of the molecule is N=c1ncn(COCOCP(=O)(O)O)c2nc[nH]c12. The van der Waals surface area contributed by atoms with Crippen LogP contribution in [0, 0.1) is 5.41 Å². The highest BCUT2D eigenvalue weighted by Gasteiger charge is 2.12. The molecule has 10 nitrogen and oxygen atoms in total. The molecule has 0 aromatic carbocycles. The van der Waals surface area contributed by atoms with E-state index in [4.69, 9.17) is 19.9 Å². The number of H-pyrrole nitrogens is 1. The minimum atomic E-state index is -4.18. The maximum absolute atomic E-state index is 10.5.